The average Bonchev–Trinajstić information content (AvgIpc) is 2.85. The van der Waals surface area contributed by atoms with Gasteiger partial charge in [0.1, 0.15) is 22.8 Å². The summed E-state index contributed by atoms with van der Waals surface area (Å²) < 4.78 is 0. The van der Waals surface area contributed by atoms with Crippen molar-refractivity contribution in [2.75, 3.05) is 45.0 Å². The molecule has 13 nitrogen and oxygen atoms in total. The molecule has 0 saturated heterocycles. The molecule has 228 valence electrons. The molecule has 1 aromatic carbocycles. The summed E-state index contributed by atoms with van der Waals surface area (Å²) in [5.74, 6) is -7.79. The summed E-state index contributed by atoms with van der Waals surface area (Å²) in [6.45, 7) is 5.62. The van der Waals surface area contributed by atoms with Crippen LogP contribution in [0.2, 0.25) is 0 Å². The molecule has 1 saturated carbocycles. The first kappa shape index (κ1) is 31.0. The standard InChI is InChI=1S/C29H39N5O8/c1-28(2,3)31-11-17(35)32-15-10-16(33(4)5)13-8-12-9-14-21(34(6)7)24(38)20(27(30)41)26(40)29(14,42)25(39)18(12)23(37)19(13)22(15)36/h10,12,14,21,31,36-37,40,42H,8-9,11H2,1-7H3,(H2,30,41)(H,32,35)/t12?,14?,21-,29?/m0/s1. The third-order valence-electron chi connectivity index (χ3n) is 8.23. The number of nitrogens with zero attached hydrogens (tertiary/aromatic N) is 2. The van der Waals surface area contributed by atoms with Crippen molar-refractivity contribution in [2.45, 2.75) is 50.8 Å². The summed E-state index contributed by atoms with van der Waals surface area (Å²) in [6.07, 6.45) is 0.117. The van der Waals surface area contributed by atoms with E-state index in [0.717, 1.165) is 0 Å². The van der Waals surface area contributed by atoms with Crippen LogP contribution in [-0.2, 0) is 25.6 Å². The van der Waals surface area contributed by atoms with Gasteiger partial charge in [0.05, 0.1) is 23.8 Å². The Balaban J connectivity index is 1.89. The Morgan fingerprint density at radius 1 is 1.12 bits per heavy atom. The van der Waals surface area contributed by atoms with Gasteiger partial charge in [-0.1, -0.05) is 0 Å². The number of nitrogens with one attached hydrogen (secondary N) is 2. The Morgan fingerprint density at radius 2 is 1.74 bits per heavy atom. The molecule has 1 aromatic rings. The number of hydrogen-bond acceptors (Lipinski definition) is 11. The predicted molar refractivity (Wildman–Crippen MR) is 155 cm³/mol. The molecule has 0 aromatic heterocycles. The van der Waals surface area contributed by atoms with Gasteiger partial charge >= 0.3 is 0 Å². The lowest BCUT2D eigenvalue weighted by Gasteiger charge is -2.50. The molecule has 42 heavy (non-hydrogen) atoms. The fourth-order valence-corrected chi connectivity index (χ4v) is 6.33. The number of anilines is 2. The van der Waals surface area contributed by atoms with Crippen molar-refractivity contribution in [3.63, 3.8) is 0 Å². The van der Waals surface area contributed by atoms with Gasteiger partial charge in [-0.3, -0.25) is 24.1 Å². The SMILES string of the molecule is CN(C)c1cc(NC(=O)CNC(C)(C)C)c(O)c2c1CC1CC3[C@H](N(C)C)C(=O)C(C(N)=O)=C(O)C3(O)C(=O)C1=C2O. The van der Waals surface area contributed by atoms with Gasteiger partial charge in [-0.25, -0.2) is 0 Å². The summed E-state index contributed by atoms with van der Waals surface area (Å²) in [7, 11) is 6.58. The molecule has 0 heterocycles. The third kappa shape index (κ3) is 4.80. The summed E-state index contributed by atoms with van der Waals surface area (Å²) >= 11 is 0. The maximum absolute atomic E-state index is 14.0. The Labute approximate surface area is 243 Å². The molecule has 4 rings (SSSR count). The Kier molecular flexibility index (Phi) is 7.68. The number of carbonyl (C=O) groups excluding carboxylic acids is 4. The number of carbonyl (C=O) groups is 4. The van der Waals surface area contributed by atoms with Gasteiger partial charge in [0, 0.05) is 36.8 Å². The van der Waals surface area contributed by atoms with Crippen LogP contribution >= 0.6 is 0 Å². The Bertz CT molecular complexity index is 1450. The summed E-state index contributed by atoms with van der Waals surface area (Å²) in [4.78, 5) is 55.3. The van der Waals surface area contributed by atoms with Gasteiger partial charge in [0.2, 0.25) is 11.7 Å². The molecule has 3 aliphatic carbocycles. The van der Waals surface area contributed by atoms with Gasteiger partial charge in [0.25, 0.3) is 5.91 Å². The highest BCUT2D eigenvalue weighted by Gasteiger charge is 2.64. The maximum atomic E-state index is 14.0. The summed E-state index contributed by atoms with van der Waals surface area (Å²) in [6, 6.07) is 0.409. The average molecular weight is 586 g/mol. The number of rotatable bonds is 6. The number of nitrogens with two attached hydrogens (primary N) is 1. The second-order valence-electron chi connectivity index (χ2n) is 12.7. The van der Waals surface area contributed by atoms with Crippen LogP contribution in [0.15, 0.2) is 23.0 Å². The Morgan fingerprint density at radius 3 is 2.26 bits per heavy atom. The Hall–Kier alpha value is -3.94. The second-order valence-corrected chi connectivity index (χ2v) is 12.7. The number of benzene rings is 1. The number of ketones is 2. The predicted octanol–water partition coefficient (Wildman–Crippen LogP) is 0.357. The minimum atomic E-state index is -2.73. The van der Waals surface area contributed by atoms with Gasteiger partial charge in [-0.2, -0.15) is 0 Å². The zero-order valence-electron chi connectivity index (χ0n) is 24.8. The lowest BCUT2D eigenvalue weighted by atomic mass is 9.57. The van der Waals surface area contributed by atoms with Crippen molar-refractivity contribution >= 4 is 40.5 Å². The molecule has 8 N–H and O–H groups in total. The molecular formula is C29H39N5O8. The molecule has 0 radical (unpaired) electrons. The molecule has 2 amide bonds. The molecule has 3 aliphatic rings. The van der Waals surface area contributed by atoms with Crippen LogP contribution in [0.1, 0.15) is 38.3 Å². The summed E-state index contributed by atoms with van der Waals surface area (Å²) in [5, 5.41) is 51.3. The normalized spacial score (nSPS) is 25.7. The van der Waals surface area contributed by atoms with E-state index in [0.29, 0.717) is 11.3 Å². The number of aliphatic hydroxyl groups is 3. The van der Waals surface area contributed by atoms with Crippen LogP contribution in [0.25, 0.3) is 5.76 Å². The quantitative estimate of drug-likeness (QED) is 0.179. The van der Waals surface area contributed by atoms with E-state index in [-0.39, 0.29) is 41.7 Å². The van der Waals surface area contributed by atoms with Crippen LogP contribution in [0.5, 0.6) is 5.75 Å². The zero-order chi connectivity index (χ0) is 31.6. The number of hydrogen-bond donors (Lipinski definition) is 7. The molecule has 1 fully saturated rings. The van der Waals surface area contributed by atoms with Gasteiger partial charge < -0.3 is 41.7 Å². The molecule has 0 spiro atoms. The third-order valence-corrected chi connectivity index (χ3v) is 8.23. The number of amides is 2. The van der Waals surface area contributed by atoms with Crippen molar-refractivity contribution in [3.05, 3.63) is 34.1 Å². The van der Waals surface area contributed by atoms with Gasteiger partial charge in [-0.15, -0.1) is 0 Å². The highest BCUT2D eigenvalue weighted by molar-refractivity contribution is 6.24. The van der Waals surface area contributed by atoms with Gasteiger partial charge in [-0.05, 0) is 65.3 Å². The number of aromatic hydroxyl groups is 1. The summed E-state index contributed by atoms with van der Waals surface area (Å²) in [5.41, 5.74) is 2.11. The first-order valence-corrected chi connectivity index (χ1v) is 13.6. The van der Waals surface area contributed by atoms with E-state index in [1.807, 2.05) is 20.8 Å². The van der Waals surface area contributed by atoms with Crippen molar-refractivity contribution in [1.82, 2.24) is 10.2 Å². The fraction of sp³-hybridized carbons (Fsp3) is 0.517. The smallest absolute Gasteiger partial charge is 0.255 e. The molecular weight excluding hydrogens is 546 g/mol. The van der Waals surface area contributed by atoms with Crippen molar-refractivity contribution in [2.24, 2.45) is 17.6 Å². The minimum absolute atomic E-state index is 0.00158. The number of fused-ring (bicyclic) bond motifs is 3. The number of likely N-dealkylation sites (N-methyl/N-ethyl adjacent to an activating group) is 1. The molecule has 0 bridgehead atoms. The molecule has 0 aliphatic heterocycles. The zero-order valence-corrected chi connectivity index (χ0v) is 24.8. The molecule has 13 heteroatoms. The van der Waals surface area contributed by atoms with Crippen LogP contribution in [0.3, 0.4) is 0 Å². The van der Waals surface area contributed by atoms with Crippen molar-refractivity contribution in [1.29, 1.82) is 0 Å². The lowest BCUT2D eigenvalue weighted by Crippen LogP contribution is -2.65. The lowest BCUT2D eigenvalue weighted by molar-refractivity contribution is -0.153. The number of Topliss-reactive ketones (excluding diaryl/α,β-unsaturated/α-hetero) is 2. The first-order chi connectivity index (χ1) is 19.3. The van der Waals surface area contributed by atoms with E-state index >= 15 is 0 Å². The van der Waals surface area contributed by atoms with E-state index in [1.54, 1.807) is 39.2 Å². The second kappa shape index (κ2) is 10.4. The number of phenolic OH excluding ortho intramolecular Hbond substituents is 1. The largest absolute Gasteiger partial charge is 0.508 e. The van der Waals surface area contributed by atoms with E-state index < -0.39 is 69.7 Å². The van der Waals surface area contributed by atoms with Crippen LogP contribution in [0, 0.1) is 11.8 Å². The van der Waals surface area contributed by atoms with Crippen LogP contribution < -0.4 is 21.3 Å². The van der Waals surface area contributed by atoms with Crippen molar-refractivity contribution in [3.8, 4) is 5.75 Å². The van der Waals surface area contributed by atoms with E-state index in [1.165, 1.54) is 4.90 Å². The number of aliphatic hydroxyl groups excluding tert-OH is 2. The highest BCUT2D eigenvalue weighted by Crippen LogP contribution is 2.54. The van der Waals surface area contributed by atoms with E-state index in [4.69, 9.17) is 5.73 Å². The van der Waals surface area contributed by atoms with Crippen LogP contribution in [-0.4, -0.2) is 101 Å². The topological polar surface area (TPSA) is 206 Å². The number of primary amides is 1. The first-order valence-electron chi connectivity index (χ1n) is 13.6. The number of phenols is 1. The highest BCUT2D eigenvalue weighted by atomic mass is 16.3. The minimum Gasteiger partial charge on any atom is -0.508 e. The maximum Gasteiger partial charge on any atom is 0.255 e. The van der Waals surface area contributed by atoms with Gasteiger partial charge in [0.15, 0.2) is 11.4 Å². The molecule has 3 unspecified atom stereocenters. The van der Waals surface area contributed by atoms with E-state index in [2.05, 4.69) is 10.6 Å². The van der Waals surface area contributed by atoms with E-state index in [9.17, 15) is 39.6 Å². The fourth-order valence-electron chi connectivity index (χ4n) is 6.33. The monoisotopic (exact) mass is 585 g/mol. The molecule has 4 atom stereocenters. The van der Waals surface area contributed by atoms with Crippen LogP contribution in [0.4, 0.5) is 11.4 Å². The van der Waals surface area contributed by atoms with Crippen molar-refractivity contribution < 1.29 is 39.6 Å².